The van der Waals surface area contributed by atoms with Gasteiger partial charge in [-0.25, -0.2) is 9.78 Å². The predicted octanol–water partition coefficient (Wildman–Crippen LogP) is 0.536. The van der Waals surface area contributed by atoms with E-state index in [-0.39, 0.29) is 0 Å². The van der Waals surface area contributed by atoms with E-state index in [2.05, 4.69) is 9.97 Å². The Morgan fingerprint density at radius 1 is 1.31 bits per heavy atom. The van der Waals surface area contributed by atoms with Gasteiger partial charge in [0.25, 0.3) is 0 Å². The van der Waals surface area contributed by atoms with Crippen LogP contribution in [-0.4, -0.2) is 15.9 Å². The number of primary amides is 1. The number of nitrogens with zero attached hydrogens (tertiary/aromatic N) is 1. The lowest BCUT2D eigenvalue weighted by molar-refractivity contribution is 0.100. The van der Waals surface area contributed by atoms with Crippen molar-refractivity contribution in [1.29, 1.82) is 0 Å². The minimum absolute atomic E-state index is 0.408. The van der Waals surface area contributed by atoms with E-state index in [1.807, 2.05) is 6.07 Å². The fraction of sp³-hybridized carbons (Fsp3) is 0. The van der Waals surface area contributed by atoms with Crippen molar-refractivity contribution in [2.24, 2.45) is 5.73 Å². The number of benzene rings is 1. The molecule has 0 radical (unpaired) electrons. The number of hydrogen-bond donors (Lipinski definition) is 2. The average molecular weight is 215 g/mol. The van der Waals surface area contributed by atoms with Crippen LogP contribution in [0.3, 0.4) is 0 Å². The molecule has 1 aromatic carbocycles. The average Bonchev–Trinajstić information content (AvgIpc) is 2.30. The molecule has 16 heavy (non-hydrogen) atoms. The van der Waals surface area contributed by atoms with E-state index in [9.17, 15) is 9.59 Å². The Balaban J connectivity index is 2.48. The lowest BCUT2D eigenvalue weighted by Gasteiger charge is -2.01. The van der Waals surface area contributed by atoms with Crippen molar-refractivity contribution in [1.82, 2.24) is 9.97 Å². The Morgan fingerprint density at radius 3 is 2.75 bits per heavy atom. The number of carbonyl (C=O) groups is 1. The fourth-order valence-corrected chi connectivity index (χ4v) is 1.35. The Bertz CT molecular complexity index is 569. The van der Waals surface area contributed by atoms with Crippen molar-refractivity contribution in [3.8, 4) is 11.1 Å². The van der Waals surface area contributed by atoms with Crippen LogP contribution in [0.2, 0.25) is 0 Å². The van der Waals surface area contributed by atoms with E-state index in [0.717, 1.165) is 11.1 Å². The van der Waals surface area contributed by atoms with Crippen LogP contribution in [0.4, 0.5) is 0 Å². The number of nitrogens with two attached hydrogens (primary N) is 1. The van der Waals surface area contributed by atoms with Gasteiger partial charge in [-0.15, -0.1) is 0 Å². The Hall–Kier alpha value is -2.43. The first-order valence-electron chi connectivity index (χ1n) is 4.62. The minimum atomic E-state index is -0.487. The lowest BCUT2D eigenvalue weighted by atomic mass is 10.1. The molecule has 0 aliphatic heterocycles. The summed E-state index contributed by atoms with van der Waals surface area (Å²) >= 11 is 0. The third kappa shape index (κ3) is 1.98. The second kappa shape index (κ2) is 3.98. The zero-order valence-corrected chi connectivity index (χ0v) is 8.31. The summed E-state index contributed by atoms with van der Waals surface area (Å²) in [6, 6.07) is 6.81. The van der Waals surface area contributed by atoms with E-state index < -0.39 is 11.6 Å². The van der Waals surface area contributed by atoms with E-state index in [1.165, 1.54) is 12.4 Å². The summed E-state index contributed by atoms with van der Waals surface area (Å²) in [6.07, 6.45) is 2.98. The molecule has 3 N–H and O–H groups in total. The third-order valence-electron chi connectivity index (χ3n) is 2.15. The molecule has 0 atom stereocenters. The highest BCUT2D eigenvalue weighted by Gasteiger charge is 2.03. The molecule has 2 aromatic rings. The molecule has 2 rings (SSSR count). The number of nitrogens with one attached hydrogen (secondary N) is 1. The molecule has 0 fully saturated rings. The van der Waals surface area contributed by atoms with E-state index in [0.29, 0.717) is 5.56 Å². The molecule has 1 heterocycles. The lowest BCUT2D eigenvalue weighted by Crippen LogP contribution is -2.11. The van der Waals surface area contributed by atoms with Crippen LogP contribution in [0.5, 0.6) is 0 Å². The number of H-pyrrole nitrogens is 1. The highest BCUT2D eigenvalue weighted by atomic mass is 16.1. The third-order valence-corrected chi connectivity index (χ3v) is 2.15. The number of amides is 1. The monoisotopic (exact) mass is 215 g/mol. The van der Waals surface area contributed by atoms with Gasteiger partial charge in [-0.3, -0.25) is 4.79 Å². The number of rotatable bonds is 2. The minimum Gasteiger partial charge on any atom is -0.366 e. The highest BCUT2D eigenvalue weighted by Crippen LogP contribution is 2.17. The van der Waals surface area contributed by atoms with Crippen LogP contribution in [0.25, 0.3) is 11.1 Å². The molecule has 5 nitrogen and oxygen atoms in total. The summed E-state index contributed by atoms with van der Waals surface area (Å²) in [7, 11) is 0. The zero-order valence-electron chi connectivity index (χ0n) is 8.31. The maximum absolute atomic E-state index is 11.0. The van der Waals surface area contributed by atoms with Gasteiger partial charge >= 0.3 is 5.69 Å². The van der Waals surface area contributed by atoms with Crippen LogP contribution >= 0.6 is 0 Å². The number of aromatic amines is 1. The molecule has 80 valence electrons. The smallest absolute Gasteiger partial charge is 0.344 e. The molecular formula is C11H9N3O2. The molecule has 0 spiro atoms. The number of aromatic nitrogens is 2. The summed E-state index contributed by atoms with van der Waals surface area (Å²) < 4.78 is 0. The fourth-order valence-electron chi connectivity index (χ4n) is 1.35. The predicted molar refractivity (Wildman–Crippen MR) is 58.8 cm³/mol. The molecule has 0 saturated carbocycles. The quantitative estimate of drug-likeness (QED) is 0.766. The summed E-state index contributed by atoms with van der Waals surface area (Å²) in [4.78, 5) is 27.8. The number of carbonyl (C=O) groups excluding carboxylic acids is 1. The van der Waals surface area contributed by atoms with Gasteiger partial charge in [-0.1, -0.05) is 12.1 Å². The first kappa shape index (κ1) is 10.1. The first-order valence-corrected chi connectivity index (χ1v) is 4.62. The topological polar surface area (TPSA) is 88.8 Å². The maximum Gasteiger partial charge on any atom is 0.344 e. The van der Waals surface area contributed by atoms with Gasteiger partial charge in [0.05, 0.1) is 0 Å². The normalized spacial score (nSPS) is 10.0. The maximum atomic E-state index is 11.0. The second-order valence-electron chi connectivity index (χ2n) is 3.25. The molecular weight excluding hydrogens is 206 g/mol. The van der Waals surface area contributed by atoms with Gasteiger partial charge in [0.1, 0.15) is 0 Å². The van der Waals surface area contributed by atoms with Crippen LogP contribution < -0.4 is 11.4 Å². The standard InChI is InChI=1S/C11H9N3O2/c12-10(15)8-3-1-2-7(4-8)9-5-13-11(16)14-6-9/h1-6H,(H2,12,15)(H,13,14,16). The van der Waals surface area contributed by atoms with Gasteiger partial charge in [0.15, 0.2) is 0 Å². The molecule has 1 aromatic heterocycles. The molecule has 0 unspecified atom stereocenters. The van der Waals surface area contributed by atoms with Crippen molar-refractivity contribution >= 4 is 5.91 Å². The van der Waals surface area contributed by atoms with Crippen LogP contribution in [0, 0.1) is 0 Å². The van der Waals surface area contributed by atoms with Gasteiger partial charge in [0, 0.05) is 23.5 Å². The van der Waals surface area contributed by atoms with Crippen LogP contribution in [0.15, 0.2) is 41.5 Å². The van der Waals surface area contributed by atoms with E-state index in [1.54, 1.807) is 18.2 Å². The Kier molecular flexibility index (Phi) is 2.51. The largest absolute Gasteiger partial charge is 0.366 e. The summed E-state index contributed by atoms with van der Waals surface area (Å²) in [5.74, 6) is -0.487. The van der Waals surface area contributed by atoms with Gasteiger partial charge < -0.3 is 10.7 Å². The molecule has 1 amide bonds. The van der Waals surface area contributed by atoms with Crippen molar-refractivity contribution in [2.45, 2.75) is 0 Å². The van der Waals surface area contributed by atoms with Crippen molar-refractivity contribution < 1.29 is 4.79 Å². The Morgan fingerprint density at radius 2 is 2.12 bits per heavy atom. The van der Waals surface area contributed by atoms with Gasteiger partial charge in [-0.05, 0) is 17.7 Å². The summed E-state index contributed by atoms with van der Waals surface area (Å²) in [5, 5.41) is 0. The van der Waals surface area contributed by atoms with Crippen molar-refractivity contribution in [2.75, 3.05) is 0 Å². The summed E-state index contributed by atoms with van der Waals surface area (Å²) in [6.45, 7) is 0. The van der Waals surface area contributed by atoms with E-state index >= 15 is 0 Å². The molecule has 5 heteroatoms. The Labute approximate surface area is 91.0 Å². The molecule has 0 aliphatic carbocycles. The van der Waals surface area contributed by atoms with Crippen LogP contribution in [-0.2, 0) is 0 Å². The molecule has 0 aliphatic rings. The van der Waals surface area contributed by atoms with E-state index in [4.69, 9.17) is 5.73 Å². The van der Waals surface area contributed by atoms with Crippen molar-refractivity contribution in [3.63, 3.8) is 0 Å². The van der Waals surface area contributed by atoms with Crippen molar-refractivity contribution in [3.05, 3.63) is 52.7 Å². The molecule has 0 saturated heterocycles. The molecule has 0 bridgehead atoms. The van der Waals surface area contributed by atoms with Gasteiger partial charge in [0.2, 0.25) is 5.91 Å². The highest BCUT2D eigenvalue weighted by molar-refractivity contribution is 5.94. The SMILES string of the molecule is NC(=O)c1cccc(-c2cnc(=O)[nH]c2)c1. The van der Waals surface area contributed by atoms with Crippen LogP contribution in [0.1, 0.15) is 10.4 Å². The second-order valence-corrected chi connectivity index (χ2v) is 3.25. The zero-order chi connectivity index (χ0) is 11.5. The summed E-state index contributed by atoms with van der Waals surface area (Å²) in [5.41, 5.74) is 6.69. The first-order chi connectivity index (χ1) is 7.66. The number of hydrogen-bond acceptors (Lipinski definition) is 3. The van der Waals surface area contributed by atoms with Gasteiger partial charge in [-0.2, -0.15) is 0 Å².